The molecule has 1 atom stereocenters. The number of carbonyl (C=O) groups excluding carboxylic acids is 1. The van der Waals surface area contributed by atoms with Gasteiger partial charge in [0, 0.05) is 40.9 Å². The third-order valence-electron chi connectivity index (χ3n) is 4.90. The number of nitrogens with one attached hydrogen (secondary N) is 1. The summed E-state index contributed by atoms with van der Waals surface area (Å²) in [7, 11) is -3.23. The van der Waals surface area contributed by atoms with E-state index >= 15 is 0 Å². The first kappa shape index (κ1) is 23.4. The maximum absolute atomic E-state index is 13.0. The van der Waals surface area contributed by atoms with Gasteiger partial charge in [-0.05, 0) is 54.7 Å². The fraction of sp³-hybridized carbons (Fsp3) is 0.381. The van der Waals surface area contributed by atoms with Crippen molar-refractivity contribution in [1.29, 1.82) is 0 Å². The van der Waals surface area contributed by atoms with Gasteiger partial charge in [-0.3, -0.25) is 4.79 Å². The summed E-state index contributed by atoms with van der Waals surface area (Å²) in [5, 5.41) is 1.29. The molecule has 2 aromatic rings. The summed E-state index contributed by atoms with van der Waals surface area (Å²) in [6.07, 6.45) is 2.92. The molecule has 2 aromatic carbocycles. The minimum absolute atomic E-state index is 0.0216. The first-order valence-corrected chi connectivity index (χ1v) is 13.3. The molecule has 1 heterocycles. The molecule has 162 valence electrons. The molecule has 0 radical (unpaired) electrons. The zero-order chi connectivity index (χ0) is 21.7. The van der Waals surface area contributed by atoms with E-state index < -0.39 is 10.0 Å². The van der Waals surface area contributed by atoms with E-state index in [1.54, 1.807) is 23.9 Å². The third kappa shape index (κ3) is 6.89. The molecule has 1 aliphatic rings. The van der Waals surface area contributed by atoms with E-state index in [-0.39, 0.29) is 11.8 Å². The third-order valence-corrected chi connectivity index (χ3v) is 7.40. The van der Waals surface area contributed by atoms with Crippen LogP contribution in [0.1, 0.15) is 28.8 Å². The van der Waals surface area contributed by atoms with Crippen LogP contribution < -0.4 is 4.72 Å². The van der Waals surface area contributed by atoms with Crippen LogP contribution in [0.5, 0.6) is 0 Å². The highest BCUT2D eigenvalue weighted by atomic mass is 35.5. The molecule has 30 heavy (non-hydrogen) atoms. The Hall–Kier alpha value is -1.25. The van der Waals surface area contributed by atoms with Crippen LogP contribution >= 0.6 is 35.0 Å². The minimum Gasteiger partial charge on any atom is -0.338 e. The van der Waals surface area contributed by atoms with Crippen molar-refractivity contribution < 1.29 is 13.2 Å². The van der Waals surface area contributed by atoms with Gasteiger partial charge in [0.1, 0.15) is 0 Å². The Kier molecular flexibility index (Phi) is 8.10. The molecular formula is C21H24Cl2N2O3S2. The van der Waals surface area contributed by atoms with Crippen molar-refractivity contribution in [2.24, 2.45) is 5.92 Å². The molecule has 0 aromatic heterocycles. The van der Waals surface area contributed by atoms with Crippen LogP contribution in [0, 0.1) is 5.92 Å². The zero-order valence-corrected chi connectivity index (χ0v) is 19.8. The summed E-state index contributed by atoms with van der Waals surface area (Å²) in [6.45, 7) is 1.60. The van der Waals surface area contributed by atoms with Gasteiger partial charge in [0.15, 0.2) is 0 Å². The second-order valence-electron chi connectivity index (χ2n) is 7.44. The molecule has 0 saturated carbocycles. The second kappa shape index (κ2) is 10.4. The van der Waals surface area contributed by atoms with Gasteiger partial charge in [0.25, 0.3) is 5.91 Å². The Balaban J connectivity index is 1.63. The zero-order valence-electron chi connectivity index (χ0n) is 16.6. The molecule has 1 amide bonds. The fourth-order valence-electron chi connectivity index (χ4n) is 3.41. The normalized spacial score (nSPS) is 17.2. The number of hydrogen-bond acceptors (Lipinski definition) is 4. The number of benzene rings is 2. The number of rotatable bonds is 7. The number of thioether (sulfide) groups is 1. The Morgan fingerprint density at radius 3 is 2.80 bits per heavy atom. The van der Waals surface area contributed by atoms with Gasteiger partial charge in [0.05, 0.1) is 11.3 Å². The van der Waals surface area contributed by atoms with Gasteiger partial charge < -0.3 is 4.90 Å². The molecule has 0 spiro atoms. The highest BCUT2D eigenvalue weighted by Gasteiger charge is 2.25. The lowest BCUT2D eigenvalue weighted by Crippen LogP contribution is -2.43. The molecule has 0 aliphatic carbocycles. The van der Waals surface area contributed by atoms with E-state index in [1.165, 1.54) is 0 Å². The molecule has 9 heteroatoms. The van der Waals surface area contributed by atoms with E-state index in [0.717, 1.165) is 29.6 Å². The number of sulfonamides is 1. The lowest BCUT2D eigenvalue weighted by atomic mass is 9.97. The first-order valence-electron chi connectivity index (χ1n) is 9.62. The van der Waals surface area contributed by atoms with Crippen LogP contribution in [0.15, 0.2) is 47.4 Å². The van der Waals surface area contributed by atoms with Gasteiger partial charge in [-0.2, -0.15) is 0 Å². The van der Waals surface area contributed by atoms with Crippen molar-refractivity contribution in [1.82, 2.24) is 9.62 Å². The Morgan fingerprint density at radius 1 is 1.23 bits per heavy atom. The molecule has 0 bridgehead atoms. The lowest BCUT2D eigenvalue weighted by Gasteiger charge is -2.33. The van der Waals surface area contributed by atoms with Gasteiger partial charge >= 0.3 is 0 Å². The average Bonchev–Trinajstić information content (AvgIpc) is 2.72. The number of piperidine rings is 1. The van der Waals surface area contributed by atoms with Crippen LogP contribution in [0.3, 0.4) is 0 Å². The molecule has 5 nitrogen and oxygen atoms in total. The fourth-order valence-corrected chi connectivity index (χ4v) is 5.39. The Morgan fingerprint density at radius 2 is 2.03 bits per heavy atom. The van der Waals surface area contributed by atoms with E-state index in [2.05, 4.69) is 4.72 Å². The standard InChI is InChI=1S/C21H24Cl2N2O3S2/c1-30(27,28)24-12-16-5-3-9-25(13-16)21(26)17-6-2-4-15(10-17)14-29-20-11-18(22)7-8-19(20)23/h2,4,6-8,10-11,16,24H,3,5,9,12-14H2,1H3. The van der Waals surface area contributed by atoms with E-state index in [0.29, 0.717) is 41.0 Å². The SMILES string of the molecule is CS(=O)(=O)NCC1CCCN(C(=O)c2cccc(CSc3cc(Cl)ccc3Cl)c2)C1. The predicted octanol–water partition coefficient (Wildman–Crippen LogP) is 4.69. The van der Waals surface area contributed by atoms with Gasteiger partial charge in [-0.1, -0.05) is 35.3 Å². The largest absolute Gasteiger partial charge is 0.338 e. The molecule has 3 rings (SSSR count). The number of halogens is 2. The van der Waals surface area contributed by atoms with Crippen molar-refractivity contribution in [3.63, 3.8) is 0 Å². The molecule has 1 fully saturated rings. The van der Waals surface area contributed by atoms with Crippen molar-refractivity contribution >= 4 is 50.9 Å². The lowest BCUT2D eigenvalue weighted by molar-refractivity contribution is 0.0676. The monoisotopic (exact) mass is 486 g/mol. The van der Waals surface area contributed by atoms with Crippen molar-refractivity contribution in [2.75, 3.05) is 25.9 Å². The quantitative estimate of drug-likeness (QED) is 0.576. The molecule has 1 aliphatic heterocycles. The van der Waals surface area contributed by atoms with Crippen LogP contribution in [0.25, 0.3) is 0 Å². The van der Waals surface area contributed by atoms with Crippen LogP contribution in [-0.2, 0) is 15.8 Å². The smallest absolute Gasteiger partial charge is 0.253 e. The average molecular weight is 487 g/mol. The Bertz CT molecular complexity index is 1020. The summed E-state index contributed by atoms with van der Waals surface area (Å²) < 4.78 is 25.2. The number of carbonyl (C=O) groups is 1. The highest BCUT2D eigenvalue weighted by Crippen LogP contribution is 2.32. The first-order chi connectivity index (χ1) is 14.2. The van der Waals surface area contributed by atoms with E-state index in [1.807, 2.05) is 35.2 Å². The van der Waals surface area contributed by atoms with Crippen LogP contribution in [0.2, 0.25) is 10.0 Å². The molecule has 1 N–H and O–H groups in total. The topological polar surface area (TPSA) is 66.5 Å². The van der Waals surface area contributed by atoms with Crippen LogP contribution in [-0.4, -0.2) is 45.1 Å². The number of amides is 1. The summed E-state index contributed by atoms with van der Waals surface area (Å²) in [4.78, 5) is 15.7. The van der Waals surface area contributed by atoms with E-state index in [4.69, 9.17) is 23.2 Å². The molecule has 1 unspecified atom stereocenters. The molecular weight excluding hydrogens is 463 g/mol. The summed E-state index contributed by atoms with van der Waals surface area (Å²) in [6, 6.07) is 13.0. The van der Waals surface area contributed by atoms with Gasteiger partial charge in [-0.25, -0.2) is 13.1 Å². The maximum Gasteiger partial charge on any atom is 0.253 e. The van der Waals surface area contributed by atoms with E-state index in [9.17, 15) is 13.2 Å². The minimum atomic E-state index is -3.23. The summed E-state index contributed by atoms with van der Waals surface area (Å²) in [5.74, 6) is 0.773. The van der Waals surface area contributed by atoms with Crippen molar-refractivity contribution in [3.05, 3.63) is 63.6 Å². The second-order valence-corrected chi connectivity index (χ2v) is 11.1. The van der Waals surface area contributed by atoms with Crippen molar-refractivity contribution in [3.8, 4) is 0 Å². The Labute approximate surface area is 192 Å². The number of hydrogen-bond donors (Lipinski definition) is 1. The van der Waals surface area contributed by atoms with Crippen LogP contribution in [0.4, 0.5) is 0 Å². The maximum atomic E-state index is 13.0. The van der Waals surface area contributed by atoms with Gasteiger partial charge in [0.2, 0.25) is 10.0 Å². The summed E-state index contributed by atoms with van der Waals surface area (Å²) in [5.41, 5.74) is 1.66. The predicted molar refractivity (Wildman–Crippen MR) is 124 cm³/mol. The number of nitrogens with zero attached hydrogens (tertiary/aromatic N) is 1. The highest BCUT2D eigenvalue weighted by molar-refractivity contribution is 7.98. The number of likely N-dealkylation sites (tertiary alicyclic amines) is 1. The van der Waals surface area contributed by atoms with Crippen molar-refractivity contribution in [2.45, 2.75) is 23.5 Å². The molecule has 1 saturated heterocycles. The summed E-state index contributed by atoms with van der Waals surface area (Å²) >= 11 is 13.9. The van der Waals surface area contributed by atoms with Gasteiger partial charge in [-0.15, -0.1) is 11.8 Å².